The van der Waals surface area contributed by atoms with Crippen LogP contribution in [-0.4, -0.2) is 59.1 Å². The molecule has 2 aromatic rings. The molecular formula is C24H30N2O4. The first-order valence-electron chi connectivity index (χ1n) is 9.99. The maximum absolute atomic E-state index is 9.55. The van der Waals surface area contributed by atoms with Crippen molar-refractivity contribution in [2.24, 2.45) is 0 Å². The molecule has 0 unspecified atom stereocenters. The largest absolute Gasteiger partial charge is 0.478 e. The molecule has 1 heterocycles. The fraction of sp³-hybridized carbons (Fsp3) is 0.333. The van der Waals surface area contributed by atoms with Gasteiger partial charge >= 0.3 is 11.9 Å². The van der Waals surface area contributed by atoms with Gasteiger partial charge in [-0.1, -0.05) is 48.5 Å². The van der Waals surface area contributed by atoms with Crippen LogP contribution in [0.25, 0.3) is 0 Å². The monoisotopic (exact) mass is 410 g/mol. The van der Waals surface area contributed by atoms with E-state index in [0.717, 1.165) is 32.6 Å². The van der Waals surface area contributed by atoms with Gasteiger partial charge in [-0.15, -0.1) is 0 Å². The van der Waals surface area contributed by atoms with Gasteiger partial charge < -0.3 is 15.1 Å². The lowest BCUT2D eigenvalue weighted by molar-refractivity contribution is -0.134. The summed E-state index contributed by atoms with van der Waals surface area (Å²) in [6.45, 7) is 4.44. The van der Waals surface area contributed by atoms with Crippen LogP contribution < -0.4 is 0 Å². The molecule has 1 aliphatic rings. The van der Waals surface area contributed by atoms with Gasteiger partial charge in [0.05, 0.1) is 0 Å². The van der Waals surface area contributed by atoms with Crippen LogP contribution in [-0.2, 0) is 29.1 Å². The standard InChI is InChI=1S/C20H26N2.C4H4O4/c1-21(2)12-7-13-22-15-19-10-5-3-8-17(19)14-18-9-4-6-11-20(18)16-22;5-3(6)1-2-4(7)8/h3-6,8-11H,7,12-16H2,1-2H3;1-2H,(H,5,6)(H,7,8)/b;2-1-. The molecule has 2 N–H and O–H groups in total. The van der Waals surface area contributed by atoms with Gasteiger partial charge in [-0.3, -0.25) is 4.90 Å². The summed E-state index contributed by atoms with van der Waals surface area (Å²) < 4.78 is 0. The van der Waals surface area contributed by atoms with Crippen LogP contribution in [0.4, 0.5) is 0 Å². The zero-order valence-electron chi connectivity index (χ0n) is 17.6. The third kappa shape index (κ3) is 8.19. The predicted octanol–water partition coefficient (Wildman–Crippen LogP) is 3.26. The van der Waals surface area contributed by atoms with Crippen LogP contribution in [0, 0.1) is 0 Å². The molecule has 2 aromatic carbocycles. The normalized spacial score (nSPS) is 13.6. The highest BCUT2D eigenvalue weighted by atomic mass is 16.4. The van der Waals surface area contributed by atoms with Crippen molar-refractivity contribution in [2.45, 2.75) is 25.9 Å². The summed E-state index contributed by atoms with van der Waals surface area (Å²) >= 11 is 0. The fourth-order valence-corrected chi connectivity index (χ4v) is 3.42. The molecule has 30 heavy (non-hydrogen) atoms. The molecule has 0 amide bonds. The van der Waals surface area contributed by atoms with Crippen molar-refractivity contribution in [1.82, 2.24) is 9.80 Å². The number of benzene rings is 2. The van der Waals surface area contributed by atoms with Crippen LogP contribution >= 0.6 is 0 Å². The summed E-state index contributed by atoms with van der Waals surface area (Å²) in [5.74, 6) is -2.51. The molecule has 0 bridgehead atoms. The first-order valence-corrected chi connectivity index (χ1v) is 9.99. The van der Waals surface area contributed by atoms with Gasteiger partial charge in [0, 0.05) is 31.8 Å². The van der Waals surface area contributed by atoms with Gasteiger partial charge in [0.15, 0.2) is 0 Å². The van der Waals surface area contributed by atoms with Crippen molar-refractivity contribution >= 4 is 11.9 Å². The molecule has 1 aliphatic heterocycles. The molecule has 0 saturated heterocycles. The van der Waals surface area contributed by atoms with Gasteiger partial charge in [0.1, 0.15) is 0 Å². The van der Waals surface area contributed by atoms with Crippen molar-refractivity contribution in [3.05, 3.63) is 82.9 Å². The van der Waals surface area contributed by atoms with Crippen LogP contribution in [0.3, 0.4) is 0 Å². The Balaban J connectivity index is 0.000000343. The van der Waals surface area contributed by atoms with E-state index in [1.54, 1.807) is 0 Å². The summed E-state index contributed by atoms with van der Waals surface area (Å²) in [6.07, 6.45) is 3.40. The highest BCUT2D eigenvalue weighted by molar-refractivity contribution is 5.89. The van der Waals surface area contributed by atoms with Crippen molar-refractivity contribution < 1.29 is 19.8 Å². The molecule has 0 fully saturated rings. The number of nitrogens with zero attached hydrogens (tertiary/aromatic N) is 2. The summed E-state index contributed by atoms with van der Waals surface area (Å²) in [4.78, 5) is 24.0. The van der Waals surface area contributed by atoms with Crippen molar-refractivity contribution in [3.8, 4) is 0 Å². The Bertz CT molecular complexity index is 814. The Morgan fingerprint density at radius 3 is 1.70 bits per heavy atom. The maximum Gasteiger partial charge on any atom is 0.328 e. The number of hydrogen-bond donors (Lipinski definition) is 2. The number of hydrogen-bond acceptors (Lipinski definition) is 4. The second kappa shape index (κ2) is 11.9. The zero-order chi connectivity index (χ0) is 21.9. The number of aliphatic carboxylic acids is 2. The van der Waals surface area contributed by atoms with Crippen LogP contribution in [0.1, 0.15) is 28.7 Å². The summed E-state index contributed by atoms with van der Waals surface area (Å²) in [5, 5.41) is 15.6. The molecule has 6 heteroatoms. The highest BCUT2D eigenvalue weighted by Crippen LogP contribution is 2.24. The van der Waals surface area contributed by atoms with E-state index in [1.165, 1.54) is 28.7 Å². The highest BCUT2D eigenvalue weighted by Gasteiger charge is 2.16. The number of rotatable bonds is 6. The molecule has 0 spiro atoms. The Hall–Kier alpha value is -2.96. The van der Waals surface area contributed by atoms with E-state index in [-0.39, 0.29) is 0 Å². The molecule has 160 valence electrons. The lowest BCUT2D eigenvalue weighted by atomic mass is 9.93. The van der Waals surface area contributed by atoms with Crippen molar-refractivity contribution in [1.29, 1.82) is 0 Å². The third-order valence-corrected chi connectivity index (χ3v) is 4.85. The molecule has 6 nitrogen and oxygen atoms in total. The molecular weight excluding hydrogens is 380 g/mol. The number of carboxylic acid groups (broad SMARTS) is 2. The Morgan fingerprint density at radius 2 is 1.30 bits per heavy atom. The lowest BCUT2D eigenvalue weighted by Crippen LogP contribution is -2.28. The lowest BCUT2D eigenvalue weighted by Gasteiger charge is -2.28. The van der Waals surface area contributed by atoms with Gasteiger partial charge in [-0.25, -0.2) is 9.59 Å². The van der Waals surface area contributed by atoms with Crippen LogP contribution in [0.15, 0.2) is 60.7 Å². The zero-order valence-corrected chi connectivity index (χ0v) is 17.6. The van der Waals surface area contributed by atoms with E-state index in [4.69, 9.17) is 10.2 Å². The average molecular weight is 411 g/mol. The molecule has 0 aliphatic carbocycles. The number of fused-ring (bicyclic) bond motifs is 2. The Morgan fingerprint density at radius 1 is 0.867 bits per heavy atom. The third-order valence-electron chi connectivity index (χ3n) is 4.85. The van der Waals surface area contributed by atoms with Gasteiger partial charge in [-0.2, -0.15) is 0 Å². The number of carbonyl (C=O) groups is 2. The maximum atomic E-state index is 9.55. The summed E-state index contributed by atoms with van der Waals surface area (Å²) in [7, 11) is 4.30. The molecule has 0 atom stereocenters. The minimum absolute atomic E-state index is 0.558. The first kappa shape index (κ1) is 23.3. The molecule has 0 saturated carbocycles. The van der Waals surface area contributed by atoms with Crippen LogP contribution in [0.5, 0.6) is 0 Å². The number of carboxylic acids is 2. The quantitative estimate of drug-likeness (QED) is 0.712. The van der Waals surface area contributed by atoms with Gasteiger partial charge in [-0.05, 0) is 55.7 Å². The summed E-state index contributed by atoms with van der Waals surface area (Å²) in [5.41, 5.74) is 5.93. The molecule has 0 aromatic heterocycles. The van der Waals surface area contributed by atoms with E-state index < -0.39 is 11.9 Å². The summed E-state index contributed by atoms with van der Waals surface area (Å²) in [6, 6.07) is 17.8. The Labute approximate surface area is 178 Å². The second-order valence-electron chi connectivity index (χ2n) is 7.59. The van der Waals surface area contributed by atoms with E-state index in [2.05, 4.69) is 72.4 Å². The first-order chi connectivity index (χ1) is 14.3. The predicted molar refractivity (Wildman–Crippen MR) is 117 cm³/mol. The van der Waals surface area contributed by atoms with Crippen molar-refractivity contribution in [3.63, 3.8) is 0 Å². The van der Waals surface area contributed by atoms with E-state index >= 15 is 0 Å². The van der Waals surface area contributed by atoms with E-state index in [9.17, 15) is 9.59 Å². The van der Waals surface area contributed by atoms with Crippen LogP contribution in [0.2, 0.25) is 0 Å². The fourth-order valence-electron chi connectivity index (χ4n) is 3.42. The van der Waals surface area contributed by atoms with E-state index in [1.807, 2.05) is 0 Å². The SMILES string of the molecule is CN(C)CCCN1Cc2ccccc2Cc2ccccc2C1.O=C(O)/C=C\C(=O)O. The minimum Gasteiger partial charge on any atom is -0.478 e. The topological polar surface area (TPSA) is 81.1 Å². The van der Waals surface area contributed by atoms with Gasteiger partial charge in [0.25, 0.3) is 0 Å². The molecule has 3 rings (SSSR count). The average Bonchev–Trinajstić information content (AvgIpc) is 2.67. The molecule has 0 radical (unpaired) electrons. The van der Waals surface area contributed by atoms with Crippen molar-refractivity contribution in [2.75, 3.05) is 27.2 Å². The second-order valence-corrected chi connectivity index (χ2v) is 7.59. The van der Waals surface area contributed by atoms with Gasteiger partial charge in [0.2, 0.25) is 0 Å². The minimum atomic E-state index is -1.26. The van der Waals surface area contributed by atoms with E-state index in [0.29, 0.717) is 12.2 Å². The Kier molecular flexibility index (Phi) is 9.25. The smallest absolute Gasteiger partial charge is 0.328 e.